The second-order valence-corrected chi connectivity index (χ2v) is 13.2. The van der Waals surface area contributed by atoms with Crippen LogP contribution in [0, 0.1) is 23.7 Å². The lowest BCUT2D eigenvalue weighted by Gasteiger charge is -2.53. The van der Waals surface area contributed by atoms with E-state index in [-0.39, 0.29) is 19.1 Å². The number of benzene rings is 2. The van der Waals surface area contributed by atoms with Gasteiger partial charge in [-0.25, -0.2) is 14.4 Å². The number of carbonyl (C=O) groups is 4. The van der Waals surface area contributed by atoms with E-state index in [1.165, 1.54) is 13.5 Å². The van der Waals surface area contributed by atoms with E-state index in [4.69, 9.17) is 9.47 Å². The van der Waals surface area contributed by atoms with Crippen LogP contribution in [0.1, 0.15) is 56.2 Å². The smallest absolute Gasteiger partial charge is 0.408 e. The Kier molecular flexibility index (Phi) is 9.15. The molecule has 4 bridgehead atoms. The molecule has 1 unspecified atom stereocenters. The first-order chi connectivity index (χ1) is 22.2. The molecule has 1 heterocycles. The second-order valence-electron chi connectivity index (χ2n) is 13.2. The molecular formula is C36H41N3O7. The average Bonchev–Trinajstić information content (AvgIpc) is 3.45. The highest BCUT2D eigenvalue weighted by molar-refractivity contribution is 5.94. The normalized spacial score (nSPS) is 25.0. The lowest BCUT2D eigenvalue weighted by molar-refractivity contribution is -0.152. The number of hydrogen-bond donors (Lipinski definition) is 3. The maximum atomic E-state index is 14.0. The summed E-state index contributed by atoms with van der Waals surface area (Å²) in [6, 6.07) is 16.1. The molecule has 2 aromatic carbocycles. The molecule has 3 aromatic rings. The van der Waals surface area contributed by atoms with Crippen LogP contribution in [0.3, 0.4) is 0 Å². The molecule has 0 saturated heterocycles. The van der Waals surface area contributed by atoms with Gasteiger partial charge >= 0.3 is 18.0 Å². The molecule has 3 N–H and O–H groups in total. The summed E-state index contributed by atoms with van der Waals surface area (Å²) in [6.45, 7) is 1.43. The van der Waals surface area contributed by atoms with Crippen LogP contribution in [0.15, 0.2) is 72.9 Å². The average molecular weight is 628 g/mol. The third-order valence-corrected chi connectivity index (χ3v) is 9.90. The van der Waals surface area contributed by atoms with Crippen molar-refractivity contribution in [3.05, 3.63) is 84.1 Å². The van der Waals surface area contributed by atoms with Crippen LogP contribution in [0.2, 0.25) is 0 Å². The van der Waals surface area contributed by atoms with E-state index in [0.717, 1.165) is 66.1 Å². The molecule has 46 heavy (non-hydrogen) atoms. The monoisotopic (exact) mass is 627 g/mol. The first kappa shape index (κ1) is 31.4. The van der Waals surface area contributed by atoms with Crippen LogP contribution in [-0.4, -0.2) is 54.3 Å². The molecular weight excluding hydrogens is 586 g/mol. The predicted octanol–water partition coefficient (Wildman–Crippen LogP) is 5.15. The molecule has 2 amide bonds. The standard InChI is InChI=1S/C36H41N3O7/c1-36(19-27-20-37-29-11-7-6-10-28(27)29,39-35(43)46-33-25-15-22-14-23(17-25)18-26(33)16-22)34(42)45-21-30(24-8-4-3-5-9-24)38-31(40)12-13-32(41)44-2/h3-13,20,22-23,25-26,30,33,37H,14-19,21H2,1-2H3,(H,38,40)(H,39,43)/b13-12+/t22?,23?,25?,26?,30-,33?,36?/m1/s1. The predicted molar refractivity (Wildman–Crippen MR) is 170 cm³/mol. The van der Waals surface area contributed by atoms with Gasteiger partial charge in [-0.3, -0.25) is 4.79 Å². The van der Waals surface area contributed by atoms with Crippen molar-refractivity contribution in [3.8, 4) is 0 Å². The lowest BCUT2D eigenvalue weighted by Crippen LogP contribution is -2.57. The van der Waals surface area contributed by atoms with Crippen LogP contribution in [0.5, 0.6) is 0 Å². The molecule has 4 fully saturated rings. The van der Waals surface area contributed by atoms with E-state index in [1.54, 1.807) is 19.1 Å². The molecule has 10 heteroatoms. The van der Waals surface area contributed by atoms with Gasteiger partial charge < -0.3 is 29.8 Å². The molecule has 4 saturated carbocycles. The van der Waals surface area contributed by atoms with E-state index in [0.29, 0.717) is 17.4 Å². The zero-order valence-electron chi connectivity index (χ0n) is 26.2. The number of hydrogen-bond acceptors (Lipinski definition) is 7. The van der Waals surface area contributed by atoms with Crippen LogP contribution < -0.4 is 10.6 Å². The van der Waals surface area contributed by atoms with E-state index in [2.05, 4.69) is 20.4 Å². The number of fused-ring (bicyclic) bond motifs is 1. The first-order valence-corrected chi connectivity index (χ1v) is 16.0. The van der Waals surface area contributed by atoms with Gasteiger partial charge in [0.2, 0.25) is 5.91 Å². The van der Waals surface area contributed by atoms with Crippen molar-refractivity contribution < 1.29 is 33.4 Å². The Morgan fingerprint density at radius 2 is 1.61 bits per heavy atom. The summed E-state index contributed by atoms with van der Waals surface area (Å²) in [4.78, 5) is 54.9. The van der Waals surface area contributed by atoms with Gasteiger partial charge in [0.05, 0.1) is 13.2 Å². The molecule has 0 spiro atoms. The van der Waals surface area contributed by atoms with Crippen molar-refractivity contribution >= 4 is 34.8 Å². The van der Waals surface area contributed by atoms with Crippen LogP contribution >= 0.6 is 0 Å². The summed E-state index contributed by atoms with van der Waals surface area (Å²) in [5, 5.41) is 6.62. The fourth-order valence-corrected chi connectivity index (χ4v) is 7.93. The highest BCUT2D eigenvalue weighted by Gasteiger charge is 2.50. The van der Waals surface area contributed by atoms with Crippen LogP contribution in [-0.2, 0) is 35.0 Å². The number of ether oxygens (including phenoxy) is 3. The highest BCUT2D eigenvalue weighted by Crippen LogP contribution is 2.54. The van der Waals surface area contributed by atoms with Crippen molar-refractivity contribution in [1.82, 2.24) is 15.6 Å². The third-order valence-electron chi connectivity index (χ3n) is 9.90. The van der Waals surface area contributed by atoms with Gasteiger partial charge in [-0.2, -0.15) is 0 Å². The molecule has 10 nitrogen and oxygen atoms in total. The number of para-hydroxylation sites is 1. The van der Waals surface area contributed by atoms with E-state index in [1.807, 2.05) is 48.7 Å². The largest absolute Gasteiger partial charge is 0.466 e. The molecule has 0 aliphatic heterocycles. The Balaban J connectivity index is 1.19. The Bertz CT molecular complexity index is 1590. The number of aromatic amines is 1. The summed E-state index contributed by atoms with van der Waals surface area (Å²) in [5.41, 5.74) is 0.967. The first-order valence-electron chi connectivity index (χ1n) is 16.0. The van der Waals surface area contributed by atoms with Crippen molar-refractivity contribution in [2.24, 2.45) is 23.7 Å². The number of alkyl carbamates (subject to hydrolysis) is 1. The van der Waals surface area contributed by atoms with Gasteiger partial charge in [0.1, 0.15) is 18.2 Å². The van der Waals surface area contributed by atoms with Gasteiger partial charge in [-0.15, -0.1) is 0 Å². The van der Waals surface area contributed by atoms with Gasteiger partial charge in [-0.1, -0.05) is 48.5 Å². The molecule has 4 aliphatic rings. The van der Waals surface area contributed by atoms with Crippen LogP contribution in [0.25, 0.3) is 10.9 Å². The lowest BCUT2D eigenvalue weighted by atomic mass is 9.55. The number of aromatic nitrogens is 1. The molecule has 1 aromatic heterocycles. The fourth-order valence-electron chi connectivity index (χ4n) is 7.93. The van der Waals surface area contributed by atoms with Crippen molar-refractivity contribution in [2.45, 2.75) is 63.1 Å². The summed E-state index contributed by atoms with van der Waals surface area (Å²) >= 11 is 0. The number of amides is 2. The maximum Gasteiger partial charge on any atom is 0.408 e. The minimum atomic E-state index is -1.48. The number of rotatable bonds is 11. The van der Waals surface area contributed by atoms with E-state index in [9.17, 15) is 19.2 Å². The van der Waals surface area contributed by atoms with Crippen LogP contribution in [0.4, 0.5) is 4.79 Å². The van der Waals surface area contributed by atoms with E-state index < -0.39 is 35.5 Å². The number of H-pyrrole nitrogens is 1. The van der Waals surface area contributed by atoms with Crippen molar-refractivity contribution in [2.75, 3.05) is 13.7 Å². The molecule has 242 valence electrons. The summed E-state index contributed by atoms with van der Waals surface area (Å²) < 4.78 is 16.5. The Hall–Kier alpha value is -4.60. The van der Waals surface area contributed by atoms with Crippen molar-refractivity contribution in [3.63, 3.8) is 0 Å². The van der Waals surface area contributed by atoms with Gasteiger partial charge in [0.15, 0.2) is 0 Å². The number of carbonyl (C=O) groups excluding carboxylic acids is 4. The van der Waals surface area contributed by atoms with Gasteiger partial charge in [0.25, 0.3) is 0 Å². The fraction of sp³-hybridized carbons (Fsp3) is 0.444. The van der Waals surface area contributed by atoms with E-state index >= 15 is 0 Å². The zero-order chi connectivity index (χ0) is 32.3. The molecule has 2 atom stereocenters. The molecule has 0 radical (unpaired) electrons. The third kappa shape index (κ3) is 6.95. The summed E-state index contributed by atoms with van der Waals surface area (Å²) in [6.07, 6.45) is 8.98. The van der Waals surface area contributed by atoms with Gasteiger partial charge in [-0.05, 0) is 79.9 Å². The second kappa shape index (κ2) is 13.4. The zero-order valence-corrected chi connectivity index (χ0v) is 26.2. The molecule has 7 rings (SSSR count). The summed E-state index contributed by atoms with van der Waals surface area (Å²) in [5.74, 6) is 0.324. The maximum absolute atomic E-state index is 14.0. The minimum Gasteiger partial charge on any atom is -0.466 e. The SMILES string of the molecule is COC(=O)/C=C/C(=O)N[C@H](COC(=O)C(C)(Cc1c[nH]c2ccccc12)NC(=O)OC1C2CC3CC(C2)CC1C3)c1ccccc1. The Labute approximate surface area is 268 Å². The number of nitrogens with one attached hydrogen (secondary N) is 3. The quantitative estimate of drug-likeness (QED) is 0.152. The number of esters is 2. The summed E-state index contributed by atoms with van der Waals surface area (Å²) in [7, 11) is 1.22. The Morgan fingerprint density at radius 1 is 0.935 bits per heavy atom. The molecule has 4 aliphatic carbocycles. The van der Waals surface area contributed by atoms with Gasteiger partial charge in [0, 0.05) is 35.7 Å². The highest BCUT2D eigenvalue weighted by atomic mass is 16.6. The number of methoxy groups -OCH3 is 1. The minimum absolute atomic E-state index is 0.142. The topological polar surface area (TPSA) is 136 Å². The van der Waals surface area contributed by atoms with Crippen molar-refractivity contribution in [1.29, 1.82) is 0 Å². The Morgan fingerprint density at radius 3 is 2.30 bits per heavy atom.